The summed E-state index contributed by atoms with van der Waals surface area (Å²) in [5.74, 6) is -0.396. The Morgan fingerprint density at radius 1 is 1.27 bits per heavy atom. The summed E-state index contributed by atoms with van der Waals surface area (Å²) < 4.78 is 6.17. The van der Waals surface area contributed by atoms with Gasteiger partial charge in [0.15, 0.2) is 0 Å². The van der Waals surface area contributed by atoms with Gasteiger partial charge >= 0.3 is 0 Å². The van der Waals surface area contributed by atoms with E-state index in [0.717, 1.165) is 24.8 Å². The van der Waals surface area contributed by atoms with Gasteiger partial charge in [-0.15, -0.1) is 0 Å². The molecule has 4 heterocycles. The van der Waals surface area contributed by atoms with Gasteiger partial charge in [-0.3, -0.25) is 9.59 Å². The third-order valence-electron chi connectivity index (χ3n) is 5.57. The van der Waals surface area contributed by atoms with Crippen LogP contribution in [0.2, 0.25) is 5.15 Å². The van der Waals surface area contributed by atoms with E-state index in [4.69, 9.17) is 16.3 Å². The largest absolute Gasteiger partial charge is 0.369 e. The van der Waals surface area contributed by atoms with E-state index in [9.17, 15) is 9.59 Å². The molecule has 0 aliphatic carbocycles. The lowest BCUT2D eigenvalue weighted by Gasteiger charge is -2.49. The number of aromatic nitrogens is 3. The van der Waals surface area contributed by atoms with Crippen molar-refractivity contribution in [2.24, 2.45) is 0 Å². The highest BCUT2D eigenvalue weighted by molar-refractivity contribution is 6.29. The second kappa shape index (κ2) is 8.49. The summed E-state index contributed by atoms with van der Waals surface area (Å²) in [4.78, 5) is 38.9. The fourth-order valence-corrected chi connectivity index (χ4v) is 4.44. The molecule has 9 heteroatoms. The van der Waals surface area contributed by atoms with Gasteiger partial charge in [-0.25, -0.2) is 15.0 Å². The summed E-state index contributed by atoms with van der Waals surface area (Å²) in [6.07, 6.45) is 5.14. The molecule has 0 radical (unpaired) electrons. The van der Waals surface area contributed by atoms with Crippen LogP contribution in [0.5, 0.6) is 0 Å². The minimum atomic E-state index is -0.329. The average Bonchev–Trinajstić information content (AvgIpc) is 2.77. The highest BCUT2D eigenvalue weighted by Gasteiger charge is 2.43. The smallest absolute Gasteiger partial charge is 0.269 e. The summed E-state index contributed by atoms with van der Waals surface area (Å²) in [5.41, 5.74) is 2.03. The van der Waals surface area contributed by atoms with Gasteiger partial charge in [0.1, 0.15) is 23.3 Å². The standard InChI is InChI=1S/C21H22ClN5O3/c1-3-19(28)27-13-5-4-6-17(27)20(30-10-13)12-7-15(26-18(22)8-12)14-9-16(21(29)23-2)25-11-24-14/h3,7-9,11,13,17,20H,1,4-6,10H2,2H3,(H,23,29). The monoisotopic (exact) mass is 427 g/mol. The van der Waals surface area contributed by atoms with Gasteiger partial charge < -0.3 is 15.0 Å². The van der Waals surface area contributed by atoms with Crippen LogP contribution in [0.25, 0.3) is 11.4 Å². The number of carbonyl (C=O) groups is 2. The number of halogens is 1. The number of carbonyl (C=O) groups excluding carboxylic acids is 2. The first-order chi connectivity index (χ1) is 14.5. The molecular formula is C21H22ClN5O3. The molecule has 4 rings (SSSR count). The summed E-state index contributed by atoms with van der Waals surface area (Å²) in [7, 11) is 1.54. The Labute approximate surface area is 179 Å². The van der Waals surface area contributed by atoms with E-state index in [-0.39, 0.29) is 40.8 Å². The van der Waals surface area contributed by atoms with Crippen molar-refractivity contribution in [3.8, 4) is 11.4 Å². The maximum Gasteiger partial charge on any atom is 0.269 e. The van der Waals surface area contributed by atoms with Gasteiger partial charge in [-0.05, 0) is 49.1 Å². The molecule has 0 saturated carbocycles. The quantitative estimate of drug-likeness (QED) is 0.595. The van der Waals surface area contributed by atoms with Crippen LogP contribution >= 0.6 is 11.6 Å². The molecule has 3 unspecified atom stereocenters. The van der Waals surface area contributed by atoms with Crippen molar-refractivity contribution in [1.29, 1.82) is 0 Å². The zero-order chi connectivity index (χ0) is 21.3. The van der Waals surface area contributed by atoms with Gasteiger partial charge in [0.25, 0.3) is 5.91 Å². The number of pyridine rings is 1. The number of piperidine rings is 1. The Balaban J connectivity index is 1.71. The molecular weight excluding hydrogens is 406 g/mol. The van der Waals surface area contributed by atoms with Crippen molar-refractivity contribution in [3.63, 3.8) is 0 Å². The minimum Gasteiger partial charge on any atom is -0.369 e. The number of hydrogen-bond donors (Lipinski definition) is 1. The van der Waals surface area contributed by atoms with Crippen LogP contribution in [0, 0.1) is 0 Å². The number of amides is 2. The molecule has 2 aromatic rings. The number of rotatable bonds is 4. The van der Waals surface area contributed by atoms with Crippen LogP contribution in [0.15, 0.2) is 37.2 Å². The van der Waals surface area contributed by atoms with E-state index >= 15 is 0 Å². The minimum absolute atomic E-state index is 0.0688. The molecule has 2 saturated heterocycles. The Kier molecular flexibility index (Phi) is 5.78. The van der Waals surface area contributed by atoms with Crippen molar-refractivity contribution < 1.29 is 14.3 Å². The van der Waals surface area contributed by atoms with E-state index in [1.165, 1.54) is 19.5 Å². The van der Waals surface area contributed by atoms with E-state index in [1.54, 1.807) is 12.1 Å². The van der Waals surface area contributed by atoms with E-state index in [0.29, 0.717) is 18.0 Å². The van der Waals surface area contributed by atoms with Crippen molar-refractivity contribution >= 4 is 23.4 Å². The molecule has 2 aliphatic rings. The lowest BCUT2D eigenvalue weighted by Crippen LogP contribution is -2.57. The second-order valence-corrected chi connectivity index (χ2v) is 7.72. The van der Waals surface area contributed by atoms with Crippen molar-refractivity contribution in [2.75, 3.05) is 13.7 Å². The molecule has 0 spiro atoms. The Bertz CT molecular complexity index is 998. The molecule has 8 nitrogen and oxygen atoms in total. The summed E-state index contributed by atoms with van der Waals surface area (Å²) >= 11 is 6.32. The Hall–Kier alpha value is -2.84. The maximum absolute atomic E-state index is 12.5. The van der Waals surface area contributed by atoms with Gasteiger partial charge in [0, 0.05) is 7.05 Å². The fourth-order valence-electron chi connectivity index (χ4n) is 4.23. The highest BCUT2D eigenvalue weighted by atomic mass is 35.5. The lowest BCUT2D eigenvalue weighted by molar-refractivity contribution is -0.158. The molecule has 1 N–H and O–H groups in total. The van der Waals surface area contributed by atoms with Crippen LogP contribution in [-0.2, 0) is 9.53 Å². The van der Waals surface area contributed by atoms with Crippen LogP contribution in [0.4, 0.5) is 0 Å². The summed E-state index contributed by atoms with van der Waals surface area (Å²) in [6, 6.07) is 5.13. The zero-order valence-corrected chi connectivity index (χ0v) is 17.3. The number of ether oxygens (including phenoxy) is 1. The van der Waals surface area contributed by atoms with Gasteiger partial charge in [-0.1, -0.05) is 18.2 Å². The van der Waals surface area contributed by atoms with Gasteiger partial charge in [-0.2, -0.15) is 0 Å². The summed E-state index contributed by atoms with van der Waals surface area (Å²) in [6.45, 7) is 4.11. The number of nitrogens with zero attached hydrogens (tertiary/aromatic N) is 4. The van der Waals surface area contributed by atoms with Crippen LogP contribution in [0.3, 0.4) is 0 Å². The molecule has 2 bridgehead atoms. The number of hydrogen-bond acceptors (Lipinski definition) is 6. The van der Waals surface area contributed by atoms with Crippen molar-refractivity contribution in [2.45, 2.75) is 37.5 Å². The molecule has 30 heavy (non-hydrogen) atoms. The van der Waals surface area contributed by atoms with E-state index < -0.39 is 0 Å². The normalized spacial score (nSPS) is 23.0. The van der Waals surface area contributed by atoms with Gasteiger partial charge in [0.05, 0.1) is 30.1 Å². The average molecular weight is 428 g/mol. The number of nitrogens with one attached hydrogen (secondary N) is 1. The third-order valence-corrected chi connectivity index (χ3v) is 5.76. The predicted molar refractivity (Wildman–Crippen MR) is 111 cm³/mol. The van der Waals surface area contributed by atoms with Crippen molar-refractivity contribution in [1.82, 2.24) is 25.2 Å². The SMILES string of the molecule is C=CC(=O)N1C2CCCC1C(c1cc(Cl)nc(-c3cc(C(=O)NC)ncn3)c1)OC2. The topological polar surface area (TPSA) is 97.3 Å². The van der Waals surface area contributed by atoms with Crippen LogP contribution < -0.4 is 5.32 Å². The first-order valence-corrected chi connectivity index (χ1v) is 10.2. The van der Waals surface area contributed by atoms with Gasteiger partial charge in [0.2, 0.25) is 5.91 Å². The van der Waals surface area contributed by atoms with E-state index in [1.807, 2.05) is 11.0 Å². The molecule has 2 aromatic heterocycles. The Morgan fingerprint density at radius 2 is 2.10 bits per heavy atom. The van der Waals surface area contributed by atoms with Crippen LogP contribution in [0.1, 0.15) is 41.4 Å². The first kappa shape index (κ1) is 20.4. The third kappa shape index (κ3) is 3.80. The Morgan fingerprint density at radius 3 is 2.87 bits per heavy atom. The number of morpholine rings is 1. The molecule has 2 fully saturated rings. The molecule has 0 aromatic carbocycles. The highest BCUT2D eigenvalue weighted by Crippen LogP contribution is 2.40. The number of fused-ring (bicyclic) bond motifs is 2. The fraction of sp³-hybridized carbons (Fsp3) is 0.381. The zero-order valence-electron chi connectivity index (χ0n) is 16.5. The maximum atomic E-state index is 12.5. The lowest BCUT2D eigenvalue weighted by atomic mass is 9.87. The van der Waals surface area contributed by atoms with E-state index in [2.05, 4.69) is 26.8 Å². The predicted octanol–water partition coefficient (Wildman–Crippen LogP) is 2.56. The molecule has 3 atom stereocenters. The van der Waals surface area contributed by atoms with Crippen LogP contribution in [-0.4, -0.2) is 57.4 Å². The molecule has 2 aliphatic heterocycles. The first-order valence-electron chi connectivity index (χ1n) is 9.80. The molecule has 156 valence electrons. The van der Waals surface area contributed by atoms with Crippen molar-refractivity contribution in [3.05, 3.63) is 53.6 Å². The summed E-state index contributed by atoms with van der Waals surface area (Å²) in [5, 5.41) is 2.82. The molecule has 2 amide bonds. The second-order valence-electron chi connectivity index (χ2n) is 7.33.